The number of nitrogens with one attached hydrogen (secondary N) is 1. The monoisotopic (exact) mass is 518 g/mol. The lowest BCUT2D eigenvalue weighted by molar-refractivity contribution is -0.141. The molecule has 0 spiro atoms. The summed E-state index contributed by atoms with van der Waals surface area (Å²) in [6.45, 7) is 2.98. The van der Waals surface area contributed by atoms with Gasteiger partial charge in [-0.2, -0.15) is 0 Å². The Morgan fingerprint density at radius 3 is 2.43 bits per heavy atom. The molecule has 188 valence electrons. The zero-order valence-corrected chi connectivity index (χ0v) is 21.5. The zero-order valence-electron chi connectivity index (χ0n) is 20.0. The number of benzene rings is 2. The third-order valence-electron chi connectivity index (χ3n) is 6.74. The van der Waals surface area contributed by atoms with Crippen LogP contribution < -0.4 is 14.8 Å². The molecule has 2 aliphatic rings. The Balaban J connectivity index is 1.48. The number of amides is 2. The van der Waals surface area contributed by atoms with E-state index in [1.807, 2.05) is 18.2 Å². The maximum absolute atomic E-state index is 13.5. The number of hydrogen-bond donors (Lipinski definition) is 1. The van der Waals surface area contributed by atoms with Crippen LogP contribution in [0.4, 0.5) is 0 Å². The van der Waals surface area contributed by atoms with E-state index < -0.39 is 6.04 Å². The van der Waals surface area contributed by atoms with Crippen molar-refractivity contribution in [3.63, 3.8) is 0 Å². The molecule has 2 aromatic rings. The van der Waals surface area contributed by atoms with Crippen molar-refractivity contribution in [2.75, 3.05) is 13.2 Å². The predicted molar refractivity (Wildman–Crippen MR) is 137 cm³/mol. The smallest absolute Gasteiger partial charge is 0.242 e. The van der Waals surface area contributed by atoms with Gasteiger partial charge in [0, 0.05) is 34.6 Å². The van der Waals surface area contributed by atoms with E-state index in [1.54, 1.807) is 30.0 Å². The summed E-state index contributed by atoms with van der Waals surface area (Å²) in [5.74, 6) is 1.13. The highest BCUT2D eigenvalue weighted by molar-refractivity contribution is 6.36. The lowest BCUT2D eigenvalue weighted by atomic mass is 9.95. The van der Waals surface area contributed by atoms with Crippen LogP contribution >= 0.6 is 23.2 Å². The van der Waals surface area contributed by atoms with Crippen LogP contribution in [0.5, 0.6) is 11.5 Å². The first-order valence-corrected chi connectivity index (χ1v) is 13.1. The fourth-order valence-electron chi connectivity index (χ4n) is 4.64. The second-order valence-electron chi connectivity index (χ2n) is 9.22. The van der Waals surface area contributed by atoms with Gasteiger partial charge < -0.3 is 19.7 Å². The highest BCUT2D eigenvalue weighted by atomic mass is 35.5. The third kappa shape index (κ3) is 6.62. The van der Waals surface area contributed by atoms with Crippen molar-refractivity contribution >= 4 is 35.0 Å². The standard InChI is InChI=1S/C27H32Cl2N2O4/c1-18(27(33)30-20-6-3-2-4-7-20)31(17-21-22(28)8-5-9-23(21)29)26(32)13-11-19-10-12-24-25(16-19)35-15-14-34-24/h5,8-10,12,16,18,20H,2-4,6-7,11,13-15,17H2,1H3,(H,30,33). The number of rotatable bonds is 8. The molecule has 1 N–H and O–H groups in total. The molecule has 6 nitrogen and oxygen atoms in total. The second kappa shape index (κ2) is 12.0. The van der Waals surface area contributed by atoms with E-state index in [2.05, 4.69) is 5.32 Å². The lowest BCUT2D eigenvalue weighted by Gasteiger charge is -2.31. The molecule has 4 rings (SSSR count). The Hall–Kier alpha value is -2.44. The van der Waals surface area contributed by atoms with Crippen LogP contribution in [-0.4, -0.2) is 42.0 Å². The molecule has 1 saturated carbocycles. The normalized spacial score (nSPS) is 16.4. The topological polar surface area (TPSA) is 67.9 Å². The predicted octanol–water partition coefficient (Wildman–Crippen LogP) is 5.56. The highest BCUT2D eigenvalue weighted by Crippen LogP contribution is 2.31. The Bertz CT molecular complexity index is 1040. The fraction of sp³-hybridized carbons (Fsp3) is 0.481. The van der Waals surface area contributed by atoms with E-state index in [9.17, 15) is 9.59 Å². The summed E-state index contributed by atoms with van der Waals surface area (Å²) in [4.78, 5) is 28.2. The molecule has 1 fully saturated rings. The number of ether oxygens (including phenoxy) is 2. The van der Waals surface area contributed by atoms with Crippen molar-refractivity contribution in [2.45, 2.75) is 70.5 Å². The van der Waals surface area contributed by atoms with Gasteiger partial charge in [-0.3, -0.25) is 9.59 Å². The molecule has 35 heavy (non-hydrogen) atoms. The van der Waals surface area contributed by atoms with Crippen LogP contribution in [0.15, 0.2) is 36.4 Å². The average molecular weight is 519 g/mol. The average Bonchev–Trinajstić information content (AvgIpc) is 2.87. The summed E-state index contributed by atoms with van der Waals surface area (Å²) in [5.41, 5.74) is 1.61. The Kier molecular flexibility index (Phi) is 8.79. The number of nitrogens with zero attached hydrogens (tertiary/aromatic N) is 1. The Morgan fingerprint density at radius 2 is 1.71 bits per heavy atom. The molecule has 1 aliphatic heterocycles. The first-order valence-electron chi connectivity index (χ1n) is 12.3. The summed E-state index contributed by atoms with van der Waals surface area (Å²) in [5, 5.41) is 4.10. The number of aryl methyl sites for hydroxylation is 1. The molecule has 2 amide bonds. The van der Waals surface area contributed by atoms with E-state index in [4.69, 9.17) is 32.7 Å². The van der Waals surface area contributed by atoms with Gasteiger partial charge in [0.25, 0.3) is 0 Å². The molecule has 1 atom stereocenters. The summed E-state index contributed by atoms with van der Waals surface area (Å²) >= 11 is 12.8. The molecule has 1 heterocycles. The summed E-state index contributed by atoms with van der Waals surface area (Å²) in [7, 11) is 0. The first-order chi connectivity index (χ1) is 16.9. The number of carbonyl (C=O) groups excluding carboxylic acids is 2. The van der Waals surface area contributed by atoms with Crippen LogP contribution in [0.1, 0.15) is 56.6 Å². The second-order valence-corrected chi connectivity index (χ2v) is 10.0. The molecule has 0 aromatic heterocycles. The van der Waals surface area contributed by atoms with Gasteiger partial charge in [0.05, 0.1) is 0 Å². The SMILES string of the molecule is CC(C(=O)NC1CCCCC1)N(Cc1c(Cl)cccc1Cl)C(=O)CCc1ccc2c(c1)OCCO2. The summed E-state index contributed by atoms with van der Waals surface area (Å²) < 4.78 is 11.2. The van der Waals surface area contributed by atoms with Gasteiger partial charge in [0.2, 0.25) is 11.8 Å². The van der Waals surface area contributed by atoms with Crippen molar-refractivity contribution in [3.05, 3.63) is 57.6 Å². The van der Waals surface area contributed by atoms with Crippen LogP contribution in [0.2, 0.25) is 10.0 Å². The van der Waals surface area contributed by atoms with E-state index in [1.165, 1.54) is 6.42 Å². The molecule has 8 heteroatoms. The van der Waals surface area contributed by atoms with Crippen molar-refractivity contribution < 1.29 is 19.1 Å². The summed E-state index contributed by atoms with van der Waals surface area (Å²) in [6.07, 6.45) is 6.15. The van der Waals surface area contributed by atoms with E-state index in [-0.39, 0.29) is 30.8 Å². The van der Waals surface area contributed by atoms with E-state index >= 15 is 0 Å². The van der Waals surface area contributed by atoms with Gasteiger partial charge >= 0.3 is 0 Å². The number of fused-ring (bicyclic) bond motifs is 1. The Morgan fingerprint density at radius 1 is 1.03 bits per heavy atom. The van der Waals surface area contributed by atoms with Gasteiger partial charge in [0.1, 0.15) is 19.3 Å². The molecular formula is C27H32Cl2N2O4. The van der Waals surface area contributed by atoms with Crippen LogP contribution in [0.25, 0.3) is 0 Å². The number of carbonyl (C=O) groups is 2. The summed E-state index contributed by atoms with van der Waals surface area (Å²) in [6, 6.07) is 10.5. The lowest BCUT2D eigenvalue weighted by Crippen LogP contribution is -2.50. The highest BCUT2D eigenvalue weighted by Gasteiger charge is 2.29. The van der Waals surface area contributed by atoms with Gasteiger partial charge in [-0.1, -0.05) is 54.6 Å². The maximum atomic E-state index is 13.5. The molecule has 2 aromatic carbocycles. The molecule has 0 bridgehead atoms. The molecule has 1 unspecified atom stereocenters. The minimum atomic E-state index is -0.656. The van der Waals surface area contributed by atoms with Crippen molar-refractivity contribution in [2.24, 2.45) is 0 Å². The molecule has 0 radical (unpaired) electrons. The van der Waals surface area contributed by atoms with Crippen molar-refractivity contribution in [3.8, 4) is 11.5 Å². The van der Waals surface area contributed by atoms with Gasteiger partial charge in [0.15, 0.2) is 11.5 Å². The molecule has 1 aliphatic carbocycles. The van der Waals surface area contributed by atoms with Crippen molar-refractivity contribution in [1.29, 1.82) is 0 Å². The van der Waals surface area contributed by atoms with Gasteiger partial charge in [-0.05, 0) is 56.0 Å². The third-order valence-corrected chi connectivity index (χ3v) is 7.45. The Labute approximate surface area is 216 Å². The minimum absolute atomic E-state index is 0.137. The molecule has 0 saturated heterocycles. The van der Waals surface area contributed by atoms with Crippen LogP contribution in [0.3, 0.4) is 0 Å². The zero-order chi connectivity index (χ0) is 24.8. The molecular weight excluding hydrogens is 487 g/mol. The van der Waals surface area contributed by atoms with E-state index in [0.29, 0.717) is 46.7 Å². The number of halogens is 2. The van der Waals surface area contributed by atoms with Gasteiger partial charge in [-0.15, -0.1) is 0 Å². The number of hydrogen-bond acceptors (Lipinski definition) is 4. The fourth-order valence-corrected chi connectivity index (χ4v) is 5.16. The van der Waals surface area contributed by atoms with Crippen LogP contribution in [-0.2, 0) is 22.6 Å². The largest absolute Gasteiger partial charge is 0.486 e. The van der Waals surface area contributed by atoms with Gasteiger partial charge in [-0.25, -0.2) is 0 Å². The van der Waals surface area contributed by atoms with E-state index in [0.717, 1.165) is 31.2 Å². The first kappa shape index (κ1) is 25.6. The van der Waals surface area contributed by atoms with Crippen LogP contribution in [0, 0.1) is 0 Å². The van der Waals surface area contributed by atoms with Crippen molar-refractivity contribution in [1.82, 2.24) is 10.2 Å². The maximum Gasteiger partial charge on any atom is 0.242 e. The quantitative estimate of drug-likeness (QED) is 0.496. The minimum Gasteiger partial charge on any atom is -0.486 e.